The van der Waals surface area contributed by atoms with E-state index < -0.39 is 10.0 Å². The molecule has 5 nitrogen and oxygen atoms in total. The second-order valence-corrected chi connectivity index (χ2v) is 6.81. The molecule has 0 spiro atoms. The molecule has 0 saturated heterocycles. The molecule has 0 atom stereocenters. The smallest absolute Gasteiger partial charge is 0.263 e. The number of hydrogen-bond acceptors (Lipinski definition) is 5. The number of aliphatic hydroxyl groups excluding tert-OH is 1. The predicted molar refractivity (Wildman–Crippen MR) is 78.8 cm³/mol. The Labute approximate surface area is 121 Å². The highest BCUT2D eigenvalue weighted by molar-refractivity contribution is 7.93. The van der Waals surface area contributed by atoms with Gasteiger partial charge in [0.2, 0.25) is 0 Å². The van der Waals surface area contributed by atoms with Crippen LogP contribution in [0.25, 0.3) is 0 Å². The molecule has 1 aromatic heterocycles. The van der Waals surface area contributed by atoms with Crippen molar-refractivity contribution < 1.29 is 18.3 Å². The van der Waals surface area contributed by atoms with Gasteiger partial charge in [0.25, 0.3) is 10.0 Å². The number of rotatable bonds is 5. The Morgan fingerprint density at radius 3 is 2.70 bits per heavy atom. The van der Waals surface area contributed by atoms with Crippen molar-refractivity contribution in [2.24, 2.45) is 0 Å². The second kappa shape index (κ2) is 5.82. The van der Waals surface area contributed by atoms with Crippen molar-refractivity contribution in [3.05, 3.63) is 40.1 Å². The maximum absolute atomic E-state index is 12.3. The minimum Gasteiger partial charge on any atom is -0.496 e. The van der Waals surface area contributed by atoms with Crippen LogP contribution < -0.4 is 9.46 Å². The third-order valence-electron chi connectivity index (χ3n) is 2.78. The zero-order valence-corrected chi connectivity index (χ0v) is 12.7. The van der Waals surface area contributed by atoms with Gasteiger partial charge in [0.05, 0.1) is 18.6 Å². The maximum atomic E-state index is 12.3. The summed E-state index contributed by atoms with van der Waals surface area (Å²) >= 11 is 1.21. The number of anilines is 1. The molecule has 2 rings (SSSR count). The lowest BCUT2D eigenvalue weighted by molar-refractivity contribution is 0.282. The monoisotopic (exact) mass is 313 g/mol. The molecule has 0 aliphatic heterocycles. The van der Waals surface area contributed by atoms with E-state index in [-0.39, 0.29) is 11.5 Å². The Morgan fingerprint density at radius 2 is 2.10 bits per heavy atom. The average Bonchev–Trinajstić information content (AvgIpc) is 2.87. The molecule has 0 aliphatic rings. The molecule has 0 bridgehead atoms. The van der Waals surface area contributed by atoms with E-state index in [2.05, 4.69) is 4.72 Å². The van der Waals surface area contributed by atoms with Gasteiger partial charge in [-0.15, -0.1) is 11.3 Å². The summed E-state index contributed by atoms with van der Waals surface area (Å²) in [5.74, 6) is 0.694. The number of nitrogens with one attached hydrogen (secondary N) is 1. The number of ether oxygens (including phenoxy) is 1. The number of aryl methyl sites for hydroxylation is 1. The zero-order chi connectivity index (χ0) is 14.8. The Morgan fingerprint density at radius 1 is 1.35 bits per heavy atom. The summed E-state index contributed by atoms with van der Waals surface area (Å²) < 4.78 is 32.2. The van der Waals surface area contributed by atoms with Crippen molar-refractivity contribution in [2.45, 2.75) is 18.4 Å². The van der Waals surface area contributed by atoms with Crippen LogP contribution in [0.5, 0.6) is 5.75 Å². The van der Waals surface area contributed by atoms with E-state index in [1.165, 1.54) is 17.4 Å². The van der Waals surface area contributed by atoms with Crippen molar-refractivity contribution in [3.63, 3.8) is 0 Å². The van der Waals surface area contributed by atoms with Crippen molar-refractivity contribution in [2.75, 3.05) is 11.8 Å². The van der Waals surface area contributed by atoms with Gasteiger partial charge in [-0.1, -0.05) is 0 Å². The third kappa shape index (κ3) is 2.95. The van der Waals surface area contributed by atoms with Crippen LogP contribution >= 0.6 is 11.3 Å². The minimum atomic E-state index is -3.69. The summed E-state index contributed by atoms with van der Waals surface area (Å²) in [6.07, 6.45) is 0. The van der Waals surface area contributed by atoms with Crippen LogP contribution in [0.15, 0.2) is 34.5 Å². The summed E-state index contributed by atoms with van der Waals surface area (Å²) in [7, 11) is -2.13. The molecule has 0 unspecified atom stereocenters. The van der Waals surface area contributed by atoms with E-state index >= 15 is 0 Å². The van der Waals surface area contributed by atoms with Gasteiger partial charge in [-0.2, -0.15) is 0 Å². The van der Waals surface area contributed by atoms with Crippen molar-refractivity contribution in [1.29, 1.82) is 0 Å². The largest absolute Gasteiger partial charge is 0.496 e. The van der Waals surface area contributed by atoms with Crippen molar-refractivity contribution in [1.82, 2.24) is 0 Å². The fraction of sp³-hybridized carbons (Fsp3) is 0.231. The Balaban J connectivity index is 2.31. The van der Waals surface area contributed by atoms with Gasteiger partial charge >= 0.3 is 0 Å². The molecule has 0 aliphatic carbocycles. The van der Waals surface area contributed by atoms with E-state index in [1.54, 1.807) is 30.7 Å². The lowest BCUT2D eigenvalue weighted by Gasteiger charge is -2.10. The van der Waals surface area contributed by atoms with E-state index in [1.807, 2.05) is 6.92 Å². The molecule has 0 radical (unpaired) electrons. The van der Waals surface area contributed by atoms with Crippen LogP contribution in [-0.2, 0) is 16.6 Å². The molecular weight excluding hydrogens is 298 g/mol. The average molecular weight is 313 g/mol. The lowest BCUT2D eigenvalue weighted by Crippen LogP contribution is -2.13. The standard InChI is InChI=1S/C13H15NO4S2/c1-9-7-10(3-4-11(9)18-2)14-20(16,17)13-5-6-19-12(13)8-15/h3-7,14-15H,8H2,1-2H3. The zero-order valence-electron chi connectivity index (χ0n) is 11.1. The molecule has 108 valence electrons. The first-order valence-electron chi connectivity index (χ1n) is 5.82. The van der Waals surface area contributed by atoms with Crippen LogP contribution in [0, 0.1) is 6.92 Å². The topological polar surface area (TPSA) is 75.6 Å². The summed E-state index contributed by atoms with van der Waals surface area (Å²) in [5.41, 5.74) is 1.29. The lowest BCUT2D eigenvalue weighted by atomic mass is 10.2. The maximum Gasteiger partial charge on any atom is 0.263 e. The highest BCUT2D eigenvalue weighted by atomic mass is 32.2. The van der Waals surface area contributed by atoms with Gasteiger partial charge in [0.1, 0.15) is 10.6 Å². The summed E-state index contributed by atoms with van der Waals surface area (Å²) in [6.45, 7) is 1.54. The number of thiophene rings is 1. The minimum absolute atomic E-state index is 0.110. The van der Waals surface area contributed by atoms with Crippen molar-refractivity contribution >= 4 is 27.0 Å². The number of hydrogen-bond donors (Lipinski definition) is 2. The molecule has 2 aromatic rings. The van der Waals surface area contributed by atoms with E-state index in [0.29, 0.717) is 16.3 Å². The predicted octanol–water partition coefficient (Wildman–Crippen LogP) is 2.36. The number of methoxy groups -OCH3 is 1. The summed E-state index contributed by atoms with van der Waals surface area (Å²) in [6, 6.07) is 6.51. The van der Waals surface area contributed by atoms with Crippen LogP contribution in [0.3, 0.4) is 0 Å². The number of sulfonamides is 1. The Kier molecular flexibility index (Phi) is 4.32. The van der Waals surface area contributed by atoms with E-state index in [0.717, 1.165) is 5.56 Å². The summed E-state index contributed by atoms with van der Waals surface area (Å²) in [4.78, 5) is 0.529. The van der Waals surface area contributed by atoms with Gasteiger partial charge in [0, 0.05) is 5.69 Å². The fourth-order valence-electron chi connectivity index (χ4n) is 1.84. The van der Waals surface area contributed by atoms with Crippen LogP contribution in [0.2, 0.25) is 0 Å². The summed E-state index contributed by atoms with van der Waals surface area (Å²) in [5, 5.41) is 10.8. The molecule has 2 N–H and O–H groups in total. The molecule has 1 heterocycles. The molecular formula is C13H15NO4S2. The van der Waals surface area contributed by atoms with Crippen molar-refractivity contribution in [3.8, 4) is 5.75 Å². The van der Waals surface area contributed by atoms with Gasteiger partial charge in [-0.05, 0) is 42.1 Å². The van der Waals surface area contributed by atoms with Gasteiger partial charge in [0.15, 0.2) is 0 Å². The van der Waals surface area contributed by atoms with Crippen LogP contribution in [-0.4, -0.2) is 20.6 Å². The SMILES string of the molecule is COc1ccc(NS(=O)(=O)c2ccsc2CO)cc1C. The molecule has 0 fully saturated rings. The van der Waals surface area contributed by atoms with E-state index in [4.69, 9.17) is 9.84 Å². The van der Waals surface area contributed by atoms with Gasteiger partial charge < -0.3 is 9.84 Å². The van der Waals surface area contributed by atoms with Gasteiger partial charge in [-0.3, -0.25) is 4.72 Å². The first-order chi connectivity index (χ1) is 9.47. The Hall–Kier alpha value is -1.57. The van der Waals surface area contributed by atoms with Crippen LogP contribution in [0.1, 0.15) is 10.4 Å². The first kappa shape index (κ1) is 14.8. The highest BCUT2D eigenvalue weighted by Crippen LogP contribution is 2.26. The van der Waals surface area contributed by atoms with Crippen LogP contribution in [0.4, 0.5) is 5.69 Å². The van der Waals surface area contributed by atoms with E-state index in [9.17, 15) is 8.42 Å². The molecule has 0 saturated carbocycles. The normalized spacial score (nSPS) is 11.3. The third-order valence-corrected chi connectivity index (χ3v) is 5.29. The van der Waals surface area contributed by atoms with Gasteiger partial charge in [-0.25, -0.2) is 8.42 Å². The second-order valence-electron chi connectivity index (χ2n) is 4.16. The molecule has 7 heteroatoms. The highest BCUT2D eigenvalue weighted by Gasteiger charge is 2.19. The fourth-order valence-corrected chi connectivity index (χ4v) is 4.18. The first-order valence-corrected chi connectivity index (χ1v) is 8.19. The Bertz CT molecular complexity index is 707. The molecule has 0 amide bonds. The number of aliphatic hydroxyl groups is 1. The quantitative estimate of drug-likeness (QED) is 0.888. The molecule has 1 aromatic carbocycles. The molecule has 20 heavy (non-hydrogen) atoms. The number of benzene rings is 1.